The minimum Gasteiger partial charge on any atom is -0.488 e. The van der Waals surface area contributed by atoms with E-state index >= 15 is 0 Å². The molecule has 4 rings (SSSR count). The molecule has 1 atom stereocenters. The van der Waals surface area contributed by atoms with Crippen molar-refractivity contribution in [2.24, 2.45) is 0 Å². The van der Waals surface area contributed by atoms with Gasteiger partial charge >= 0.3 is 0 Å². The molecule has 2 aromatic rings. The van der Waals surface area contributed by atoms with Crippen molar-refractivity contribution in [1.29, 1.82) is 0 Å². The number of aromatic nitrogens is 2. The van der Waals surface area contributed by atoms with E-state index in [4.69, 9.17) is 13.9 Å². The van der Waals surface area contributed by atoms with Gasteiger partial charge in [-0.2, -0.15) is 0 Å². The van der Waals surface area contributed by atoms with Crippen molar-refractivity contribution in [3.05, 3.63) is 46.9 Å². The second-order valence-corrected chi connectivity index (χ2v) is 5.89. The maximum Gasteiger partial charge on any atom is 0.254 e. The number of hydrogen-bond donors (Lipinski definition) is 0. The molecule has 0 aliphatic carbocycles. The van der Waals surface area contributed by atoms with Crippen LogP contribution >= 0.6 is 0 Å². The Bertz CT molecular complexity index is 848. The average molecular weight is 345 g/mol. The third kappa shape index (κ3) is 3.00. The van der Waals surface area contributed by atoms with Crippen LogP contribution in [0.4, 0.5) is 4.39 Å². The third-order valence-corrected chi connectivity index (χ3v) is 4.18. The number of hydrogen-bond acceptors (Lipinski definition) is 6. The van der Waals surface area contributed by atoms with Gasteiger partial charge in [-0.15, -0.1) is 10.2 Å². The van der Waals surface area contributed by atoms with Crippen molar-refractivity contribution in [3.63, 3.8) is 0 Å². The summed E-state index contributed by atoms with van der Waals surface area (Å²) in [5.74, 6) is 0.743. The van der Waals surface area contributed by atoms with Crippen LogP contribution in [0.2, 0.25) is 0 Å². The minimum absolute atomic E-state index is 0.129. The number of amides is 1. The number of aryl methyl sites for hydroxylation is 1. The molecular formula is C17H16FN3O4. The van der Waals surface area contributed by atoms with Gasteiger partial charge in [0.1, 0.15) is 24.2 Å². The lowest BCUT2D eigenvalue weighted by molar-refractivity contribution is -0.137. The number of nitrogens with zero attached hydrogens (tertiary/aromatic N) is 3. The van der Waals surface area contributed by atoms with E-state index in [1.807, 2.05) is 0 Å². The van der Waals surface area contributed by atoms with Crippen molar-refractivity contribution in [3.8, 4) is 5.75 Å². The quantitative estimate of drug-likeness (QED) is 0.827. The number of morpholine rings is 1. The van der Waals surface area contributed by atoms with Crippen molar-refractivity contribution in [1.82, 2.24) is 15.1 Å². The van der Waals surface area contributed by atoms with E-state index in [0.717, 1.165) is 0 Å². The molecular weight excluding hydrogens is 329 g/mol. The molecule has 0 N–H and O–H groups in total. The van der Waals surface area contributed by atoms with Crippen LogP contribution in [-0.2, 0) is 9.53 Å². The highest BCUT2D eigenvalue weighted by Gasteiger charge is 2.34. The lowest BCUT2D eigenvalue weighted by Gasteiger charge is -2.34. The van der Waals surface area contributed by atoms with Crippen LogP contribution in [-0.4, -0.2) is 47.4 Å². The van der Waals surface area contributed by atoms with Crippen molar-refractivity contribution in [2.45, 2.75) is 13.0 Å². The summed E-state index contributed by atoms with van der Waals surface area (Å²) in [4.78, 5) is 14.6. The second-order valence-electron chi connectivity index (χ2n) is 5.89. The predicted octanol–water partition coefficient (Wildman–Crippen LogP) is 1.89. The van der Waals surface area contributed by atoms with Crippen LogP contribution in [0, 0.1) is 12.7 Å². The van der Waals surface area contributed by atoms with Gasteiger partial charge in [-0.25, -0.2) is 4.39 Å². The van der Waals surface area contributed by atoms with Crippen LogP contribution in [0.5, 0.6) is 5.75 Å². The molecule has 0 spiro atoms. The number of benzene rings is 1. The zero-order valence-electron chi connectivity index (χ0n) is 13.6. The molecule has 1 aromatic carbocycles. The fraction of sp³-hybridized carbons (Fsp3) is 0.353. The van der Waals surface area contributed by atoms with Crippen LogP contribution in [0.15, 0.2) is 28.2 Å². The smallest absolute Gasteiger partial charge is 0.254 e. The topological polar surface area (TPSA) is 77.7 Å². The average Bonchev–Trinajstić information content (AvgIpc) is 3.06. The van der Waals surface area contributed by atoms with E-state index in [2.05, 4.69) is 10.2 Å². The second kappa shape index (κ2) is 6.29. The van der Waals surface area contributed by atoms with Gasteiger partial charge in [0, 0.05) is 19.0 Å². The fourth-order valence-electron chi connectivity index (χ4n) is 2.95. The number of carbonyl (C=O) groups excluding carboxylic acids is 1. The number of carbonyl (C=O) groups is 1. The number of rotatable bonds is 2. The highest BCUT2D eigenvalue weighted by atomic mass is 19.1. The van der Waals surface area contributed by atoms with Gasteiger partial charge < -0.3 is 18.8 Å². The lowest BCUT2D eigenvalue weighted by Crippen LogP contribution is -2.45. The first-order valence-corrected chi connectivity index (χ1v) is 7.93. The summed E-state index contributed by atoms with van der Waals surface area (Å²) in [6.07, 6.45) is 1.66. The fourth-order valence-corrected chi connectivity index (χ4v) is 2.95. The van der Waals surface area contributed by atoms with Crippen molar-refractivity contribution >= 4 is 12.0 Å². The monoisotopic (exact) mass is 345 g/mol. The van der Waals surface area contributed by atoms with E-state index in [-0.39, 0.29) is 24.9 Å². The van der Waals surface area contributed by atoms with E-state index in [1.54, 1.807) is 24.0 Å². The molecule has 2 aliphatic rings. The summed E-state index contributed by atoms with van der Waals surface area (Å²) < 4.78 is 30.0. The Kier molecular flexibility index (Phi) is 3.96. The molecule has 1 fully saturated rings. The molecule has 2 aliphatic heterocycles. The van der Waals surface area contributed by atoms with Gasteiger partial charge in [0.25, 0.3) is 5.91 Å². The molecule has 130 valence electrons. The van der Waals surface area contributed by atoms with E-state index in [1.165, 1.54) is 12.1 Å². The molecule has 0 radical (unpaired) electrons. The first-order valence-electron chi connectivity index (χ1n) is 7.93. The van der Waals surface area contributed by atoms with Crippen molar-refractivity contribution < 1.29 is 23.1 Å². The van der Waals surface area contributed by atoms with Crippen LogP contribution in [0.1, 0.15) is 23.4 Å². The Labute approximate surface area is 143 Å². The Balaban J connectivity index is 1.62. The summed E-state index contributed by atoms with van der Waals surface area (Å²) >= 11 is 0. The van der Waals surface area contributed by atoms with Gasteiger partial charge in [0.2, 0.25) is 11.8 Å². The highest BCUT2D eigenvalue weighted by molar-refractivity contribution is 5.99. The molecule has 3 heterocycles. The molecule has 1 amide bonds. The molecule has 7 nitrogen and oxygen atoms in total. The maximum absolute atomic E-state index is 13.4. The number of fused-ring (bicyclic) bond motifs is 1. The third-order valence-electron chi connectivity index (χ3n) is 4.18. The lowest BCUT2D eigenvalue weighted by atomic mass is 10.1. The summed E-state index contributed by atoms with van der Waals surface area (Å²) in [6.45, 7) is 2.93. The van der Waals surface area contributed by atoms with Gasteiger partial charge in [-0.05, 0) is 24.3 Å². The normalized spacial score (nSPS) is 19.8. The number of halogens is 1. The van der Waals surface area contributed by atoms with Gasteiger partial charge in [0.15, 0.2) is 0 Å². The molecule has 25 heavy (non-hydrogen) atoms. The summed E-state index contributed by atoms with van der Waals surface area (Å²) in [7, 11) is 0. The van der Waals surface area contributed by atoms with Crippen LogP contribution in [0.25, 0.3) is 6.08 Å². The Morgan fingerprint density at radius 2 is 2.24 bits per heavy atom. The largest absolute Gasteiger partial charge is 0.488 e. The van der Waals surface area contributed by atoms with E-state index in [0.29, 0.717) is 41.8 Å². The standard InChI is InChI=1S/C17H16FN3O4/c1-10-19-20-16(25-10)14-9-23-5-4-21(14)17(22)12-6-11-7-13(18)2-3-15(11)24-8-12/h2-3,6-7,14H,4-5,8-9H2,1H3. The van der Waals surface area contributed by atoms with E-state index in [9.17, 15) is 9.18 Å². The maximum atomic E-state index is 13.4. The molecule has 1 saturated heterocycles. The highest BCUT2D eigenvalue weighted by Crippen LogP contribution is 2.30. The van der Waals surface area contributed by atoms with Gasteiger partial charge in [0.05, 0.1) is 18.8 Å². The summed E-state index contributed by atoms with van der Waals surface area (Å²) in [6, 6.07) is 3.79. The van der Waals surface area contributed by atoms with Crippen LogP contribution < -0.4 is 4.74 Å². The SMILES string of the molecule is Cc1nnc(C2COCCN2C(=O)C2=Cc3cc(F)ccc3OC2)o1. The summed E-state index contributed by atoms with van der Waals surface area (Å²) in [5.41, 5.74) is 0.995. The van der Waals surface area contributed by atoms with Gasteiger partial charge in [-0.3, -0.25) is 4.79 Å². The Morgan fingerprint density at radius 3 is 3.04 bits per heavy atom. The Hall–Kier alpha value is -2.74. The summed E-state index contributed by atoms with van der Waals surface area (Å²) in [5, 5.41) is 7.82. The number of ether oxygens (including phenoxy) is 2. The molecule has 8 heteroatoms. The molecule has 0 saturated carbocycles. The predicted molar refractivity (Wildman–Crippen MR) is 84.2 cm³/mol. The van der Waals surface area contributed by atoms with Crippen molar-refractivity contribution in [2.75, 3.05) is 26.4 Å². The molecule has 1 aromatic heterocycles. The molecule has 1 unspecified atom stereocenters. The molecule has 0 bridgehead atoms. The zero-order chi connectivity index (χ0) is 17.4. The van der Waals surface area contributed by atoms with Gasteiger partial charge in [-0.1, -0.05) is 0 Å². The Morgan fingerprint density at radius 1 is 1.36 bits per heavy atom. The van der Waals surface area contributed by atoms with E-state index < -0.39 is 6.04 Å². The first-order chi connectivity index (χ1) is 12.1. The first kappa shape index (κ1) is 15.8. The van der Waals surface area contributed by atoms with Crippen LogP contribution in [0.3, 0.4) is 0 Å². The minimum atomic E-state index is -0.447. The zero-order valence-corrected chi connectivity index (χ0v) is 13.6.